The van der Waals surface area contributed by atoms with E-state index in [4.69, 9.17) is 5.11 Å². The van der Waals surface area contributed by atoms with Gasteiger partial charge < -0.3 is 15.3 Å². The highest BCUT2D eigenvalue weighted by Gasteiger charge is 2.45. The molecule has 1 saturated heterocycles. The average Bonchev–Trinajstić information content (AvgIpc) is 2.66. The molecule has 2 N–H and O–H groups in total. The molecule has 0 spiro atoms. The summed E-state index contributed by atoms with van der Waals surface area (Å²) in [4.78, 5) is 24.1. The Labute approximate surface area is 108 Å². The number of carbonyl (C=O) groups excluding carboxylic acids is 1. The highest BCUT2D eigenvalue weighted by molar-refractivity contribution is 5.86. The van der Waals surface area contributed by atoms with Crippen LogP contribution in [0.5, 0.6) is 0 Å². The van der Waals surface area contributed by atoms with Crippen molar-refractivity contribution in [2.45, 2.75) is 44.3 Å². The molecule has 1 rings (SSSR count). The van der Waals surface area contributed by atoms with E-state index in [0.717, 1.165) is 0 Å². The van der Waals surface area contributed by atoms with Crippen LogP contribution in [0.4, 0.5) is 18.0 Å². The summed E-state index contributed by atoms with van der Waals surface area (Å²) in [6, 6.07) is -0.621. The Kier molecular flexibility index (Phi) is 4.65. The molecule has 0 aromatic heterocycles. The largest absolute Gasteiger partial charge is 0.480 e. The van der Waals surface area contributed by atoms with Crippen molar-refractivity contribution in [3.63, 3.8) is 0 Å². The third kappa shape index (κ3) is 4.00. The van der Waals surface area contributed by atoms with Gasteiger partial charge in [0.05, 0.1) is 0 Å². The van der Waals surface area contributed by atoms with Crippen LogP contribution in [0.15, 0.2) is 0 Å². The topological polar surface area (TPSA) is 69.6 Å². The lowest BCUT2D eigenvalue weighted by Gasteiger charge is -2.31. The first-order valence-corrected chi connectivity index (χ1v) is 6.02. The predicted octanol–water partition coefficient (Wildman–Crippen LogP) is 1.98. The number of hydrogen-bond donors (Lipinski definition) is 2. The number of carboxylic acids is 1. The zero-order valence-corrected chi connectivity index (χ0v) is 10.6. The fourth-order valence-corrected chi connectivity index (χ4v) is 2.09. The predicted molar refractivity (Wildman–Crippen MR) is 60.7 cm³/mol. The van der Waals surface area contributed by atoms with Gasteiger partial charge in [-0.3, -0.25) is 0 Å². The Morgan fingerprint density at radius 1 is 1.42 bits per heavy atom. The summed E-state index contributed by atoms with van der Waals surface area (Å²) >= 11 is 0. The Morgan fingerprint density at radius 2 is 2.05 bits per heavy atom. The number of aliphatic carboxylic acids is 1. The van der Waals surface area contributed by atoms with Crippen LogP contribution < -0.4 is 5.32 Å². The van der Waals surface area contributed by atoms with Crippen molar-refractivity contribution >= 4 is 12.0 Å². The second kappa shape index (κ2) is 5.66. The number of carboxylic acid groups (broad SMARTS) is 1. The standard InChI is InChI=1S/C11H17F3N2O3/c1-10(8(17)18)4-3-7-16(10)9(19)15-6-2-5-11(12,13)14/h2-7H2,1H3,(H,15,19)(H,17,18). The highest BCUT2D eigenvalue weighted by Crippen LogP contribution is 2.29. The zero-order chi connectivity index (χ0) is 14.7. The molecule has 0 aromatic carbocycles. The normalized spacial score (nSPS) is 23.5. The third-order valence-corrected chi connectivity index (χ3v) is 3.26. The monoisotopic (exact) mass is 282 g/mol. The van der Waals surface area contributed by atoms with Crippen LogP contribution in [0.3, 0.4) is 0 Å². The maximum absolute atomic E-state index is 11.9. The van der Waals surface area contributed by atoms with Crippen LogP contribution >= 0.6 is 0 Å². The van der Waals surface area contributed by atoms with Crippen molar-refractivity contribution in [2.75, 3.05) is 13.1 Å². The molecule has 1 unspecified atom stereocenters. The van der Waals surface area contributed by atoms with Gasteiger partial charge in [0.2, 0.25) is 0 Å². The molecular weight excluding hydrogens is 265 g/mol. The summed E-state index contributed by atoms with van der Waals surface area (Å²) in [6.45, 7) is 1.62. The molecule has 0 saturated carbocycles. The first kappa shape index (κ1) is 15.6. The number of urea groups is 1. The van der Waals surface area contributed by atoms with Gasteiger partial charge >= 0.3 is 18.2 Å². The van der Waals surface area contributed by atoms with Crippen molar-refractivity contribution in [3.05, 3.63) is 0 Å². The Hall–Kier alpha value is -1.47. The van der Waals surface area contributed by atoms with E-state index >= 15 is 0 Å². The van der Waals surface area contributed by atoms with Gasteiger partial charge in [0.25, 0.3) is 0 Å². The summed E-state index contributed by atoms with van der Waals surface area (Å²) in [5.74, 6) is -1.10. The maximum Gasteiger partial charge on any atom is 0.389 e. The zero-order valence-electron chi connectivity index (χ0n) is 10.6. The van der Waals surface area contributed by atoms with E-state index < -0.39 is 30.1 Å². The number of nitrogens with one attached hydrogen (secondary N) is 1. The van der Waals surface area contributed by atoms with Gasteiger partial charge in [-0.15, -0.1) is 0 Å². The van der Waals surface area contributed by atoms with Gasteiger partial charge in [0.15, 0.2) is 0 Å². The van der Waals surface area contributed by atoms with E-state index in [0.29, 0.717) is 19.4 Å². The first-order valence-electron chi connectivity index (χ1n) is 6.02. The molecule has 5 nitrogen and oxygen atoms in total. The molecule has 0 radical (unpaired) electrons. The van der Waals surface area contributed by atoms with Gasteiger partial charge in [-0.05, 0) is 26.2 Å². The molecule has 0 aromatic rings. The Morgan fingerprint density at radius 3 is 2.58 bits per heavy atom. The Balaban J connectivity index is 2.43. The number of likely N-dealkylation sites (tertiary alicyclic amines) is 1. The number of rotatable bonds is 4. The van der Waals surface area contributed by atoms with Gasteiger partial charge in [-0.25, -0.2) is 9.59 Å². The summed E-state index contributed by atoms with van der Waals surface area (Å²) in [6.07, 6.45) is -4.51. The number of halogens is 3. The number of amides is 2. The van der Waals surface area contributed by atoms with E-state index in [1.807, 2.05) is 0 Å². The van der Waals surface area contributed by atoms with Crippen LogP contribution in [0, 0.1) is 0 Å². The lowest BCUT2D eigenvalue weighted by Crippen LogP contribution is -2.54. The first-order chi connectivity index (χ1) is 8.67. The second-order valence-corrected chi connectivity index (χ2v) is 4.78. The molecule has 1 atom stereocenters. The molecule has 8 heteroatoms. The molecule has 2 amide bonds. The molecule has 1 aliphatic rings. The van der Waals surface area contributed by atoms with Crippen molar-refractivity contribution in [1.29, 1.82) is 0 Å². The summed E-state index contributed by atoms with van der Waals surface area (Å²) in [5, 5.41) is 11.4. The van der Waals surface area contributed by atoms with Crippen LogP contribution in [0.1, 0.15) is 32.6 Å². The van der Waals surface area contributed by atoms with Gasteiger partial charge in [0, 0.05) is 19.5 Å². The SMILES string of the molecule is CC1(C(=O)O)CCCN1C(=O)NCCCC(F)(F)F. The highest BCUT2D eigenvalue weighted by atomic mass is 19.4. The van der Waals surface area contributed by atoms with Crippen LogP contribution in [0.25, 0.3) is 0 Å². The van der Waals surface area contributed by atoms with E-state index in [1.54, 1.807) is 0 Å². The molecule has 1 fully saturated rings. The fraction of sp³-hybridized carbons (Fsp3) is 0.818. The molecule has 1 heterocycles. The van der Waals surface area contributed by atoms with E-state index in [1.165, 1.54) is 11.8 Å². The van der Waals surface area contributed by atoms with Crippen LogP contribution in [0.2, 0.25) is 0 Å². The number of alkyl halides is 3. The second-order valence-electron chi connectivity index (χ2n) is 4.78. The summed E-state index contributed by atoms with van der Waals surface area (Å²) < 4.78 is 35.7. The fourth-order valence-electron chi connectivity index (χ4n) is 2.09. The third-order valence-electron chi connectivity index (χ3n) is 3.26. The minimum absolute atomic E-state index is 0.120. The van der Waals surface area contributed by atoms with Gasteiger partial charge in [-0.1, -0.05) is 0 Å². The Bertz CT molecular complexity index is 360. The van der Waals surface area contributed by atoms with E-state index in [-0.39, 0.29) is 13.0 Å². The molecule has 0 bridgehead atoms. The van der Waals surface area contributed by atoms with Crippen molar-refractivity contribution in [2.24, 2.45) is 0 Å². The maximum atomic E-state index is 11.9. The minimum atomic E-state index is -4.24. The number of hydrogen-bond acceptors (Lipinski definition) is 2. The molecular formula is C11H17F3N2O3. The lowest BCUT2D eigenvalue weighted by molar-refractivity contribution is -0.147. The van der Waals surface area contributed by atoms with E-state index in [2.05, 4.69) is 5.32 Å². The minimum Gasteiger partial charge on any atom is -0.480 e. The summed E-state index contributed by atoms with van der Waals surface area (Å²) in [5.41, 5.74) is -1.27. The summed E-state index contributed by atoms with van der Waals surface area (Å²) in [7, 11) is 0. The smallest absolute Gasteiger partial charge is 0.389 e. The van der Waals surface area contributed by atoms with Gasteiger partial charge in [-0.2, -0.15) is 13.2 Å². The number of carbonyl (C=O) groups is 2. The van der Waals surface area contributed by atoms with Crippen molar-refractivity contribution in [1.82, 2.24) is 10.2 Å². The molecule has 110 valence electrons. The quantitative estimate of drug-likeness (QED) is 0.775. The van der Waals surface area contributed by atoms with Crippen LogP contribution in [-0.4, -0.2) is 46.8 Å². The van der Waals surface area contributed by atoms with Crippen molar-refractivity contribution < 1.29 is 27.9 Å². The molecule has 1 aliphatic heterocycles. The molecule has 0 aliphatic carbocycles. The lowest BCUT2D eigenvalue weighted by atomic mass is 10.00. The van der Waals surface area contributed by atoms with Crippen molar-refractivity contribution in [3.8, 4) is 0 Å². The van der Waals surface area contributed by atoms with E-state index in [9.17, 15) is 22.8 Å². The van der Waals surface area contributed by atoms with Crippen LogP contribution in [-0.2, 0) is 4.79 Å². The number of nitrogens with zero attached hydrogens (tertiary/aromatic N) is 1. The van der Waals surface area contributed by atoms with Gasteiger partial charge in [0.1, 0.15) is 5.54 Å². The average molecular weight is 282 g/mol. The molecule has 19 heavy (non-hydrogen) atoms.